The minimum Gasteiger partial charge on any atom is -0.493 e. The lowest BCUT2D eigenvalue weighted by molar-refractivity contribution is 0.0475. The molecule has 0 amide bonds. The summed E-state index contributed by atoms with van der Waals surface area (Å²) < 4.78 is 50.3. The molecule has 0 unspecified atom stereocenters. The summed E-state index contributed by atoms with van der Waals surface area (Å²) in [6.45, 7) is 7.09. The van der Waals surface area contributed by atoms with Crippen molar-refractivity contribution in [3.63, 3.8) is 0 Å². The first-order valence-corrected chi connectivity index (χ1v) is 13.5. The van der Waals surface area contributed by atoms with Gasteiger partial charge in [-0.05, 0) is 53.8 Å². The van der Waals surface area contributed by atoms with Crippen LogP contribution in [0.4, 0.5) is 5.69 Å². The predicted octanol–water partition coefficient (Wildman–Crippen LogP) is 5.16. The number of esters is 1. The van der Waals surface area contributed by atoms with Crippen LogP contribution in [-0.4, -0.2) is 48.1 Å². The van der Waals surface area contributed by atoms with Crippen molar-refractivity contribution < 1.29 is 37.0 Å². The van der Waals surface area contributed by atoms with E-state index in [0.29, 0.717) is 11.3 Å². The monoisotopic (exact) mass is 555 g/mol. The Bertz CT molecular complexity index is 1460. The molecule has 1 N–H and O–H groups in total. The second kappa shape index (κ2) is 11.8. The van der Waals surface area contributed by atoms with Gasteiger partial charge < -0.3 is 18.9 Å². The number of hydrogen-bond donors (Lipinski definition) is 1. The lowest BCUT2D eigenvalue weighted by Gasteiger charge is -2.21. The number of carbonyl (C=O) groups is 2. The number of para-hydroxylation sites is 1. The summed E-state index contributed by atoms with van der Waals surface area (Å²) in [5.74, 6) is -0.517. The number of anilines is 1. The quantitative estimate of drug-likeness (QED) is 0.269. The molecule has 0 radical (unpaired) electrons. The van der Waals surface area contributed by atoms with Gasteiger partial charge >= 0.3 is 5.97 Å². The van der Waals surface area contributed by atoms with Gasteiger partial charge in [0.25, 0.3) is 10.0 Å². The van der Waals surface area contributed by atoms with Gasteiger partial charge in [0, 0.05) is 5.56 Å². The summed E-state index contributed by atoms with van der Waals surface area (Å²) in [4.78, 5) is 25.9. The number of hydrogen-bond acceptors (Lipinski definition) is 8. The molecular formula is C29H33NO8S. The molecule has 3 aromatic carbocycles. The van der Waals surface area contributed by atoms with E-state index in [1.54, 1.807) is 31.2 Å². The number of benzene rings is 3. The Morgan fingerprint density at radius 1 is 0.872 bits per heavy atom. The fourth-order valence-electron chi connectivity index (χ4n) is 3.84. The summed E-state index contributed by atoms with van der Waals surface area (Å²) in [5.41, 5.74) is 1.33. The highest BCUT2D eigenvalue weighted by Gasteiger charge is 2.24. The number of methoxy groups -OCH3 is 3. The van der Waals surface area contributed by atoms with Crippen LogP contribution in [0.5, 0.6) is 17.2 Å². The summed E-state index contributed by atoms with van der Waals surface area (Å²) in [5, 5.41) is 0. The van der Waals surface area contributed by atoms with Crippen LogP contribution in [0.3, 0.4) is 0 Å². The molecule has 0 atom stereocenters. The molecule has 3 aromatic rings. The normalized spacial score (nSPS) is 11.5. The molecule has 0 spiro atoms. The van der Waals surface area contributed by atoms with Crippen molar-refractivity contribution in [3.8, 4) is 17.2 Å². The highest BCUT2D eigenvalue weighted by molar-refractivity contribution is 7.92. The number of ether oxygens (including phenoxy) is 4. The molecule has 3 rings (SSSR count). The third kappa shape index (κ3) is 6.69. The number of Topliss-reactive ketones (excluding diaryl/α,β-unsaturated/α-hetero) is 1. The zero-order valence-corrected chi connectivity index (χ0v) is 23.9. The average molecular weight is 556 g/mol. The minimum absolute atomic E-state index is 0.0308. The third-order valence-corrected chi connectivity index (χ3v) is 7.56. The Hall–Kier alpha value is -4.05. The zero-order valence-electron chi connectivity index (χ0n) is 23.1. The van der Waals surface area contributed by atoms with Gasteiger partial charge in [0.1, 0.15) is 0 Å². The van der Waals surface area contributed by atoms with E-state index in [1.165, 1.54) is 45.6 Å². The third-order valence-electron chi connectivity index (χ3n) is 6.06. The maximum absolute atomic E-state index is 13.3. The van der Waals surface area contributed by atoms with Crippen LogP contribution in [0.1, 0.15) is 52.6 Å². The summed E-state index contributed by atoms with van der Waals surface area (Å²) in [6.07, 6.45) is 0. The van der Waals surface area contributed by atoms with Crippen molar-refractivity contribution in [2.45, 2.75) is 38.0 Å². The second-order valence-electron chi connectivity index (χ2n) is 9.79. The molecule has 39 heavy (non-hydrogen) atoms. The van der Waals surface area contributed by atoms with E-state index in [-0.39, 0.29) is 38.6 Å². The van der Waals surface area contributed by atoms with Crippen molar-refractivity contribution in [3.05, 3.63) is 76.9 Å². The highest BCUT2D eigenvalue weighted by atomic mass is 32.2. The molecule has 0 aromatic heterocycles. The molecule has 0 bridgehead atoms. The van der Waals surface area contributed by atoms with Gasteiger partial charge in [0.05, 0.1) is 37.5 Å². The first-order valence-electron chi connectivity index (χ1n) is 12.1. The Morgan fingerprint density at radius 3 is 2.05 bits per heavy atom. The Labute approximate surface area is 229 Å². The van der Waals surface area contributed by atoms with E-state index >= 15 is 0 Å². The number of rotatable bonds is 10. The van der Waals surface area contributed by atoms with Crippen molar-refractivity contribution in [2.75, 3.05) is 32.7 Å². The second-order valence-corrected chi connectivity index (χ2v) is 11.4. The van der Waals surface area contributed by atoms with Crippen LogP contribution in [-0.2, 0) is 20.2 Å². The maximum atomic E-state index is 13.3. The standard InChI is InChI=1S/C29H33NO8S/c1-18-12-13-20(29(2,3)4)16-26(18)39(33,34)30-22-11-9-8-10-21(22)28(32)38-17-23(31)19-14-24(35-5)27(37-7)25(15-19)36-6/h8-16,30H,17H2,1-7H3. The number of carbonyl (C=O) groups excluding carboxylic acids is 2. The van der Waals surface area contributed by atoms with Crippen LogP contribution in [0.25, 0.3) is 0 Å². The van der Waals surface area contributed by atoms with E-state index in [1.807, 2.05) is 26.8 Å². The van der Waals surface area contributed by atoms with E-state index in [9.17, 15) is 18.0 Å². The minimum atomic E-state index is -4.04. The highest BCUT2D eigenvalue weighted by Crippen LogP contribution is 2.38. The number of nitrogens with one attached hydrogen (secondary N) is 1. The van der Waals surface area contributed by atoms with Gasteiger partial charge in [-0.25, -0.2) is 13.2 Å². The predicted molar refractivity (Wildman–Crippen MR) is 148 cm³/mol. The Morgan fingerprint density at radius 2 is 1.49 bits per heavy atom. The summed E-state index contributed by atoms with van der Waals surface area (Å²) in [6, 6.07) is 14.2. The van der Waals surface area contributed by atoms with Crippen LogP contribution in [0.15, 0.2) is 59.5 Å². The fourth-order valence-corrected chi connectivity index (χ4v) is 5.19. The molecule has 0 aliphatic rings. The molecular weight excluding hydrogens is 522 g/mol. The molecule has 0 saturated carbocycles. The van der Waals surface area contributed by atoms with E-state index in [4.69, 9.17) is 18.9 Å². The lowest BCUT2D eigenvalue weighted by Crippen LogP contribution is -2.20. The summed E-state index contributed by atoms with van der Waals surface area (Å²) in [7, 11) is 0.241. The van der Waals surface area contributed by atoms with Crippen LogP contribution in [0.2, 0.25) is 0 Å². The van der Waals surface area contributed by atoms with Crippen molar-refractivity contribution in [1.29, 1.82) is 0 Å². The van der Waals surface area contributed by atoms with Crippen molar-refractivity contribution >= 4 is 27.5 Å². The lowest BCUT2D eigenvalue weighted by atomic mass is 9.87. The Kier molecular flexibility index (Phi) is 8.91. The molecule has 9 nitrogen and oxygen atoms in total. The van der Waals surface area contributed by atoms with Crippen LogP contribution in [0, 0.1) is 6.92 Å². The zero-order chi connectivity index (χ0) is 29.0. The van der Waals surface area contributed by atoms with Gasteiger partial charge in [0.15, 0.2) is 18.1 Å². The Balaban J connectivity index is 1.83. The van der Waals surface area contributed by atoms with Gasteiger partial charge in [0.2, 0.25) is 11.5 Å². The molecule has 208 valence electrons. The molecule has 0 aliphatic carbocycles. The van der Waals surface area contributed by atoms with E-state index in [0.717, 1.165) is 5.56 Å². The molecule has 0 aliphatic heterocycles. The molecule has 0 fully saturated rings. The first-order chi connectivity index (χ1) is 18.3. The largest absolute Gasteiger partial charge is 0.493 e. The SMILES string of the molecule is COc1cc(C(=O)COC(=O)c2ccccc2NS(=O)(=O)c2cc(C(C)(C)C)ccc2C)cc(OC)c1OC. The molecule has 0 heterocycles. The fraction of sp³-hybridized carbons (Fsp3) is 0.310. The smallest absolute Gasteiger partial charge is 0.340 e. The number of ketones is 1. The summed E-state index contributed by atoms with van der Waals surface area (Å²) >= 11 is 0. The number of sulfonamides is 1. The maximum Gasteiger partial charge on any atom is 0.340 e. The molecule has 10 heteroatoms. The first kappa shape index (κ1) is 29.5. The van der Waals surface area contributed by atoms with Crippen molar-refractivity contribution in [2.24, 2.45) is 0 Å². The van der Waals surface area contributed by atoms with Gasteiger partial charge in [-0.15, -0.1) is 0 Å². The van der Waals surface area contributed by atoms with Gasteiger partial charge in [-0.2, -0.15) is 0 Å². The molecule has 0 saturated heterocycles. The van der Waals surface area contributed by atoms with E-state index < -0.39 is 28.4 Å². The van der Waals surface area contributed by atoms with Gasteiger partial charge in [-0.1, -0.05) is 45.0 Å². The van der Waals surface area contributed by atoms with Crippen molar-refractivity contribution in [1.82, 2.24) is 0 Å². The van der Waals surface area contributed by atoms with Crippen LogP contribution >= 0.6 is 0 Å². The average Bonchev–Trinajstić information content (AvgIpc) is 2.90. The van der Waals surface area contributed by atoms with Gasteiger partial charge in [-0.3, -0.25) is 9.52 Å². The van der Waals surface area contributed by atoms with E-state index in [2.05, 4.69) is 4.72 Å². The number of aryl methyl sites for hydroxylation is 1. The topological polar surface area (TPSA) is 117 Å². The van der Waals surface area contributed by atoms with Crippen LogP contribution < -0.4 is 18.9 Å².